The second-order valence-electron chi connectivity index (χ2n) is 14.1. The Bertz CT molecular complexity index is 2720. The van der Waals surface area contributed by atoms with Crippen molar-refractivity contribution in [1.29, 1.82) is 0 Å². The first kappa shape index (κ1) is 29.8. The predicted octanol–water partition coefficient (Wildman–Crippen LogP) is 13.4. The Labute approximate surface area is 309 Å². The Kier molecular flexibility index (Phi) is 6.38. The van der Waals surface area contributed by atoms with Crippen LogP contribution in [0, 0.1) is 6.92 Å². The van der Waals surface area contributed by atoms with E-state index in [0.717, 1.165) is 34.1 Å². The van der Waals surface area contributed by atoms with Crippen LogP contribution < -0.4 is 14.4 Å². The molecule has 2 aliphatic carbocycles. The molecule has 8 aromatic rings. The second kappa shape index (κ2) is 11.3. The quantitative estimate of drug-likeness (QED) is 0.185. The normalized spacial score (nSPS) is 13.5. The molecule has 0 aromatic heterocycles. The van der Waals surface area contributed by atoms with Gasteiger partial charge in [0, 0.05) is 23.0 Å². The monoisotopic (exact) mass is 679 g/mol. The largest absolute Gasteiger partial charge is 0.449 e. The van der Waals surface area contributed by atoms with Crippen molar-refractivity contribution in [3.63, 3.8) is 0 Å². The van der Waals surface area contributed by atoms with Crippen LogP contribution >= 0.6 is 0 Å². The SMILES string of the molecule is Cc1ccccc1-c1cccc(N(c2ccccc2)c2ccc3c(c2)Oc2c(ccc4c2-c2ccccc2C42c4ccccc4-c4ccccc42)O3)c1. The molecule has 0 bridgehead atoms. The van der Waals surface area contributed by atoms with Crippen LogP contribution in [0.2, 0.25) is 0 Å². The first-order valence-electron chi connectivity index (χ1n) is 18.2. The summed E-state index contributed by atoms with van der Waals surface area (Å²) in [6.07, 6.45) is 0. The number of para-hydroxylation sites is 1. The van der Waals surface area contributed by atoms with Crippen LogP contribution in [0.25, 0.3) is 33.4 Å². The van der Waals surface area contributed by atoms with Gasteiger partial charge in [0.15, 0.2) is 23.0 Å². The zero-order valence-electron chi connectivity index (χ0n) is 29.1. The van der Waals surface area contributed by atoms with Crippen molar-refractivity contribution in [2.45, 2.75) is 12.3 Å². The topological polar surface area (TPSA) is 21.7 Å². The second-order valence-corrected chi connectivity index (χ2v) is 14.1. The summed E-state index contributed by atoms with van der Waals surface area (Å²) < 4.78 is 13.8. The van der Waals surface area contributed by atoms with Crippen LogP contribution in [0.4, 0.5) is 17.1 Å². The van der Waals surface area contributed by atoms with Crippen LogP contribution in [0.3, 0.4) is 0 Å². The lowest BCUT2D eigenvalue weighted by Gasteiger charge is -2.31. The average Bonchev–Trinajstić information content (AvgIpc) is 3.69. The maximum atomic E-state index is 7.08. The molecule has 0 saturated carbocycles. The third-order valence-electron chi connectivity index (χ3n) is 11.3. The van der Waals surface area contributed by atoms with Crippen molar-refractivity contribution in [3.8, 4) is 56.4 Å². The number of hydrogen-bond donors (Lipinski definition) is 0. The lowest BCUT2D eigenvalue weighted by atomic mass is 9.70. The van der Waals surface area contributed by atoms with E-state index in [1.54, 1.807) is 0 Å². The molecule has 3 aliphatic rings. The molecule has 53 heavy (non-hydrogen) atoms. The number of benzene rings is 8. The Balaban J connectivity index is 1.07. The lowest BCUT2D eigenvalue weighted by molar-refractivity contribution is 0.360. The number of ether oxygens (including phenoxy) is 2. The molecule has 0 atom stereocenters. The van der Waals surface area contributed by atoms with Gasteiger partial charge >= 0.3 is 0 Å². The Morgan fingerprint density at radius 3 is 1.72 bits per heavy atom. The highest BCUT2D eigenvalue weighted by Crippen LogP contribution is 2.66. The Morgan fingerprint density at radius 1 is 0.396 bits per heavy atom. The van der Waals surface area contributed by atoms with Gasteiger partial charge in [-0.15, -0.1) is 0 Å². The molecule has 0 unspecified atom stereocenters. The van der Waals surface area contributed by atoms with Crippen LogP contribution in [0.15, 0.2) is 182 Å². The van der Waals surface area contributed by atoms with Crippen molar-refractivity contribution in [2.24, 2.45) is 0 Å². The number of fused-ring (bicyclic) bond motifs is 13. The van der Waals surface area contributed by atoms with Gasteiger partial charge in [-0.05, 0) is 105 Å². The van der Waals surface area contributed by atoms with E-state index in [2.05, 4.69) is 188 Å². The molecule has 0 amide bonds. The molecule has 0 fully saturated rings. The molecule has 0 saturated heterocycles. The molecule has 3 nitrogen and oxygen atoms in total. The van der Waals surface area contributed by atoms with Gasteiger partial charge in [0.25, 0.3) is 0 Å². The minimum absolute atomic E-state index is 0.453. The summed E-state index contributed by atoms with van der Waals surface area (Å²) >= 11 is 0. The molecule has 11 rings (SSSR count). The smallest absolute Gasteiger partial charge is 0.178 e. The average molecular weight is 680 g/mol. The van der Waals surface area contributed by atoms with Gasteiger partial charge in [0.05, 0.1) is 11.1 Å². The lowest BCUT2D eigenvalue weighted by Crippen LogP contribution is -2.25. The fourth-order valence-corrected chi connectivity index (χ4v) is 9.08. The molecule has 1 heterocycles. The summed E-state index contributed by atoms with van der Waals surface area (Å²) in [4.78, 5) is 2.28. The molecular weight excluding hydrogens is 647 g/mol. The number of aryl methyl sites for hydroxylation is 1. The van der Waals surface area contributed by atoms with Gasteiger partial charge in [-0.2, -0.15) is 0 Å². The molecule has 1 aliphatic heterocycles. The first-order chi connectivity index (χ1) is 26.2. The molecule has 0 radical (unpaired) electrons. The van der Waals surface area contributed by atoms with E-state index in [9.17, 15) is 0 Å². The summed E-state index contributed by atoms with van der Waals surface area (Å²) in [6, 6.07) is 65.0. The number of anilines is 3. The summed E-state index contributed by atoms with van der Waals surface area (Å²) in [6.45, 7) is 2.16. The van der Waals surface area contributed by atoms with Gasteiger partial charge in [0.1, 0.15) is 0 Å². The highest BCUT2D eigenvalue weighted by molar-refractivity contribution is 5.98. The fraction of sp³-hybridized carbons (Fsp3) is 0.0400. The molecule has 0 N–H and O–H groups in total. The van der Waals surface area contributed by atoms with Crippen molar-refractivity contribution >= 4 is 17.1 Å². The van der Waals surface area contributed by atoms with Crippen LogP contribution in [-0.2, 0) is 5.41 Å². The van der Waals surface area contributed by atoms with Crippen molar-refractivity contribution in [3.05, 3.63) is 210 Å². The minimum atomic E-state index is -0.453. The van der Waals surface area contributed by atoms with E-state index in [-0.39, 0.29) is 0 Å². The van der Waals surface area contributed by atoms with Crippen LogP contribution in [-0.4, -0.2) is 0 Å². The van der Waals surface area contributed by atoms with E-state index in [1.807, 2.05) is 6.07 Å². The standard InChI is InChI=1S/C50H33NO2/c1-32-14-5-6-19-37(32)33-15-13-18-35(30-33)51(34-16-3-2-4-17-34)36-26-28-45-47(31-36)53-49-46(52-45)29-27-44-48(49)40-22-9-12-25-43(40)50(44)41-23-10-7-20-38(41)39-21-8-11-24-42(39)50/h2-31H,1H3. The van der Waals surface area contributed by atoms with Crippen LogP contribution in [0.1, 0.15) is 27.8 Å². The number of nitrogens with zero attached hydrogens (tertiary/aromatic N) is 1. The van der Waals surface area contributed by atoms with E-state index < -0.39 is 5.41 Å². The molecule has 1 spiro atoms. The number of rotatable bonds is 4. The third kappa shape index (κ3) is 4.22. The van der Waals surface area contributed by atoms with Crippen molar-refractivity contribution < 1.29 is 9.47 Å². The van der Waals surface area contributed by atoms with Crippen LogP contribution in [0.5, 0.6) is 23.0 Å². The molecule has 3 heteroatoms. The predicted molar refractivity (Wildman–Crippen MR) is 214 cm³/mol. The minimum Gasteiger partial charge on any atom is -0.449 e. The summed E-state index contributed by atoms with van der Waals surface area (Å²) in [5, 5.41) is 0. The van der Waals surface area contributed by atoms with Crippen molar-refractivity contribution in [1.82, 2.24) is 0 Å². The maximum Gasteiger partial charge on any atom is 0.178 e. The van der Waals surface area contributed by atoms with E-state index in [4.69, 9.17) is 9.47 Å². The Hall–Kier alpha value is -6.84. The third-order valence-corrected chi connectivity index (χ3v) is 11.3. The van der Waals surface area contributed by atoms with Gasteiger partial charge in [0.2, 0.25) is 0 Å². The summed E-state index contributed by atoms with van der Waals surface area (Å²) in [5.74, 6) is 2.86. The first-order valence-corrected chi connectivity index (χ1v) is 18.2. The number of hydrogen-bond acceptors (Lipinski definition) is 3. The van der Waals surface area contributed by atoms with E-state index in [1.165, 1.54) is 55.6 Å². The molecular formula is C50H33NO2. The van der Waals surface area contributed by atoms with Gasteiger partial charge in [-0.1, -0.05) is 133 Å². The van der Waals surface area contributed by atoms with E-state index in [0.29, 0.717) is 11.5 Å². The van der Waals surface area contributed by atoms with E-state index >= 15 is 0 Å². The molecule has 250 valence electrons. The summed E-state index contributed by atoms with van der Waals surface area (Å²) in [5.41, 5.74) is 16.2. The van der Waals surface area contributed by atoms with Crippen molar-refractivity contribution in [2.75, 3.05) is 4.90 Å². The highest BCUT2D eigenvalue weighted by atomic mass is 16.6. The molecule has 8 aromatic carbocycles. The van der Waals surface area contributed by atoms with Gasteiger partial charge in [-0.25, -0.2) is 0 Å². The van der Waals surface area contributed by atoms with Gasteiger partial charge in [-0.3, -0.25) is 0 Å². The zero-order chi connectivity index (χ0) is 35.1. The Morgan fingerprint density at radius 2 is 0.981 bits per heavy atom. The fourth-order valence-electron chi connectivity index (χ4n) is 9.08. The maximum absolute atomic E-state index is 7.08. The zero-order valence-corrected chi connectivity index (χ0v) is 29.1. The van der Waals surface area contributed by atoms with Gasteiger partial charge < -0.3 is 14.4 Å². The highest BCUT2D eigenvalue weighted by Gasteiger charge is 2.53. The summed E-state index contributed by atoms with van der Waals surface area (Å²) in [7, 11) is 0.